The predicted molar refractivity (Wildman–Crippen MR) is 126 cm³/mol. The Balaban J connectivity index is 1.62. The number of pyridine rings is 1. The van der Waals surface area contributed by atoms with Gasteiger partial charge < -0.3 is 4.98 Å². The Kier molecular flexibility index (Phi) is 4.87. The van der Waals surface area contributed by atoms with Gasteiger partial charge >= 0.3 is 0 Å². The van der Waals surface area contributed by atoms with Gasteiger partial charge in [0.05, 0.1) is 5.52 Å². The molecule has 0 aliphatic heterocycles. The van der Waals surface area contributed by atoms with Crippen molar-refractivity contribution in [2.45, 2.75) is 6.92 Å². The molecule has 0 fully saturated rings. The molecule has 2 N–H and O–H groups in total. The molecule has 5 aromatic rings. The maximum Gasteiger partial charge on any atom is 0.160 e. The van der Waals surface area contributed by atoms with Gasteiger partial charge in [-0.25, -0.2) is 19.4 Å². The minimum absolute atomic E-state index is 0.300. The van der Waals surface area contributed by atoms with E-state index in [2.05, 4.69) is 36.9 Å². The number of hydrogen-bond donors (Lipinski definition) is 2. The number of benzene rings is 2. The number of H-pyrrole nitrogens is 2. The zero-order valence-corrected chi connectivity index (χ0v) is 17.2. The topological polar surface area (TPSA) is 95.0 Å². The van der Waals surface area contributed by atoms with Gasteiger partial charge in [-0.2, -0.15) is 5.10 Å². The van der Waals surface area contributed by atoms with Crippen molar-refractivity contribution >= 4 is 40.7 Å². The summed E-state index contributed by atoms with van der Waals surface area (Å²) < 4.78 is 13.8. The minimum atomic E-state index is -0.300. The standard InChI is InChI=1S/C24H18FN7/c1-14(12-27-13-26-2)15-6-7-20-19(11-15)22(32-31-20)24-29-21-18(8-9-28-23(21)30-24)16-4-3-5-17(25)10-16/h3-13H,2H2,1H3,(H,31,32)(H,28,29,30)/b14-12+,27-13-. The number of fused-ring (bicyclic) bond motifs is 2. The van der Waals surface area contributed by atoms with E-state index in [4.69, 9.17) is 4.98 Å². The molecule has 0 bridgehead atoms. The van der Waals surface area contributed by atoms with E-state index in [-0.39, 0.29) is 5.82 Å². The number of nitrogens with zero attached hydrogens (tertiary/aromatic N) is 5. The van der Waals surface area contributed by atoms with Gasteiger partial charge in [0.2, 0.25) is 0 Å². The highest BCUT2D eigenvalue weighted by molar-refractivity contribution is 5.97. The maximum absolute atomic E-state index is 13.8. The highest BCUT2D eigenvalue weighted by atomic mass is 19.1. The van der Waals surface area contributed by atoms with Crippen molar-refractivity contribution in [1.82, 2.24) is 25.1 Å². The van der Waals surface area contributed by atoms with Gasteiger partial charge in [0.15, 0.2) is 11.5 Å². The summed E-state index contributed by atoms with van der Waals surface area (Å²) in [6, 6.07) is 14.3. The molecule has 0 radical (unpaired) electrons. The van der Waals surface area contributed by atoms with Gasteiger partial charge in [-0.15, -0.1) is 0 Å². The fraction of sp³-hybridized carbons (Fsp3) is 0.0417. The van der Waals surface area contributed by atoms with Crippen molar-refractivity contribution in [1.29, 1.82) is 0 Å². The van der Waals surface area contributed by atoms with Gasteiger partial charge in [-0.1, -0.05) is 18.2 Å². The zero-order chi connectivity index (χ0) is 22.1. The van der Waals surface area contributed by atoms with Crippen molar-refractivity contribution in [3.8, 4) is 22.6 Å². The average molecular weight is 423 g/mol. The van der Waals surface area contributed by atoms with Crippen molar-refractivity contribution in [2.24, 2.45) is 9.98 Å². The number of imidazole rings is 1. The third-order valence-corrected chi connectivity index (χ3v) is 5.18. The molecule has 8 heteroatoms. The molecular formula is C24H18FN7. The number of aromatic amines is 2. The van der Waals surface area contributed by atoms with Crippen LogP contribution in [0.4, 0.5) is 4.39 Å². The molecule has 0 amide bonds. The second kappa shape index (κ2) is 7.99. The summed E-state index contributed by atoms with van der Waals surface area (Å²) >= 11 is 0. The minimum Gasteiger partial charge on any atom is -0.321 e. The van der Waals surface area contributed by atoms with Crippen LogP contribution in [-0.4, -0.2) is 38.2 Å². The summed E-state index contributed by atoms with van der Waals surface area (Å²) in [6.07, 6.45) is 4.80. The van der Waals surface area contributed by atoms with Crippen LogP contribution in [0.15, 0.2) is 70.9 Å². The molecule has 3 aromatic heterocycles. The molecular weight excluding hydrogens is 405 g/mol. The molecule has 5 rings (SSSR count). The van der Waals surface area contributed by atoms with Gasteiger partial charge in [0, 0.05) is 23.3 Å². The quantitative estimate of drug-likeness (QED) is 0.293. The highest BCUT2D eigenvalue weighted by Gasteiger charge is 2.16. The first-order valence-corrected chi connectivity index (χ1v) is 9.88. The second-order valence-electron chi connectivity index (χ2n) is 7.24. The first-order chi connectivity index (χ1) is 15.6. The van der Waals surface area contributed by atoms with Crippen molar-refractivity contribution < 1.29 is 4.39 Å². The van der Waals surface area contributed by atoms with Gasteiger partial charge in [0.1, 0.15) is 23.4 Å². The van der Waals surface area contributed by atoms with E-state index in [1.807, 2.05) is 37.3 Å². The molecule has 0 aliphatic rings. The molecule has 0 saturated heterocycles. The van der Waals surface area contributed by atoms with Crippen molar-refractivity contribution in [3.63, 3.8) is 0 Å². The lowest BCUT2D eigenvalue weighted by Crippen LogP contribution is -1.84. The number of aromatic nitrogens is 5. The smallest absolute Gasteiger partial charge is 0.160 e. The molecule has 7 nitrogen and oxygen atoms in total. The maximum atomic E-state index is 13.8. The largest absolute Gasteiger partial charge is 0.321 e. The zero-order valence-electron chi connectivity index (χ0n) is 17.2. The number of hydrogen-bond acceptors (Lipinski definition) is 4. The first-order valence-electron chi connectivity index (χ1n) is 9.88. The number of rotatable bonds is 5. The number of nitrogens with one attached hydrogen (secondary N) is 2. The van der Waals surface area contributed by atoms with E-state index in [0.29, 0.717) is 22.7 Å². The lowest BCUT2D eigenvalue weighted by molar-refractivity contribution is 0.628. The van der Waals surface area contributed by atoms with E-state index in [1.54, 1.807) is 18.5 Å². The predicted octanol–water partition coefficient (Wildman–Crippen LogP) is 5.40. The van der Waals surface area contributed by atoms with Gasteiger partial charge in [-0.3, -0.25) is 10.1 Å². The van der Waals surface area contributed by atoms with Gasteiger partial charge in [0.25, 0.3) is 0 Å². The van der Waals surface area contributed by atoms with Crippen LogP contribution in [0.2, 0.25) is 0 Å². The molecule has 156 valence electrons. The summed E-state index contributed by atoms with van der Waals surface area (Å²) in [6.45, 7) is 5.35. The van der Waals surface area contributed by atoms with E-state index in [0.717, 1.165) is 33.2 Å². The lowest BCUT2D eigenvalue weighted by atomic mass is 10.0. The molecule has 0 atom stereocenters. The van der Waals surface area contributed by atoms with Crippen LogP contribution >= 0.6 is 0 Å². The van der Waals surface area contributed by atoms with E-state index < -0.39 is 0 Å². The Bertz CT molecular complexity index is 1520. The third-order valence-electron chi connectivity index (χ3n) is 5.18. The van der Waals surface area contributed by atoms with Gasteiger partial charge in [-0.05, 0) is 60.7 Å². The molecule has 0 aliphatic carbocycles. The summed E-state index contributed by atoms with van der Waals surface area (Å²) in [7, 11) is 0. The third kappa shape index (κ3) is 3.47. The van der Waals surface area contributed by atoms with Crippen LogP contribution in [0, 0.1) is 5.82 Å². The lowest BCUT2D eigenvalue weighted by Gasteiger charge is -2.02. The number of aliphatic imine (C=N–C) groups is 2. The average Bonchev–Trinajstić information content (AvgIpc) is 3.42. The molecule has 32 heavy (non-hydrogen) atoms. The Morgan fingerprint density at radius 3 is 2.91 bits per heavy atom. The monoisotopic (exact) mass is 423 g/mol. The number of allylic oxidation sites excluding steroid dienone is 1. The Morgan fingerprint density at radius 1 is 1.16 bits per heavy atom. The Hall–Kier alpha value is -4.46. The highest BCUT2D eigenvalue weighted by Crippen LogP contribution is 2.31. The van der Waals surface area contributed by atoms with Crippen molar-refractivity contribution in [3.05, 3.63) is 72.3 Å². The molecule has 0 saturated carbocycles. The second-order valence-corrected chi connectivity index (χ2v) is 7.24. The summed E-state index contributed by atoms with van der Waals surface area (Å²) in [5.41, 5.74) is 6.32. The molecule has 0 spiro atoms. The Labute approximate surface area is 182 Å². The van der Waals surface area contributed by atoms with Crippen LogP contribution in [0.1, 0.15) is 12.5 Å². The van der Waals surface area contributed by atoms with Crippen LogP contribution in [0.25, 0.3) is 50.3 Å². The van der Waals surface area contributed by atoms with E-state index >= 15 is 0 Å². The number of halogens is 1. The van der Waals surface area contributed by atoms with Crippen molar-refractivity contribution in [2.75, 3.05) is 0 Å². The summed E-state index contributed by atoms with van der Waals surface area (Å²) in [5.74, 6) is 0.279. The molecule has 0 unspecified atom stereocenters. The Morgan fingerprint density at radius 2 is 2.06 bits per heavy atom. The van der Waals surface area contributed by atoms with Crippen LogP contribution < -0.4 is 0 Å². The summed E-state index contributed by atoms with van der Waals surface area (Å²) in [4.78, 5) is 20.1. The van der Waals surface area contributed by atoms with Crippen LogP contribution in [0.3, 0.4) is 0 Å². The first kappa shape index (κ1) is 19.5. The van der Waals surface area contributed by atoms with Crippen LogP contribution in [-0.2, 0) is 0 Å². The fourth-order valence-corrected chi connectivity index (χ4v) is 3.62. The van der Waals surface area contributed by atoms with E-state index in [1.165, 1.54) is 18.5 Å². The fourth-order valence-electron chi connectivity index (χ4n) is 3.62. The van der Waals surface area contributed by atoms with E-state index in [9.17, 15) is 4.39 Å². The van der Waals surface area contributed by atoms with Crippen LogP contribution in [0.5, 0.6) is 0 Å². The normalized spacial score (nSPS) is 12.2. The summed E-state index contributed by atoms with van der Waals surface area (Å²) in [5, 5.41) is 8.43. The SMILES string of the molecule is C=N/C=N\C=C(/C)c1ccc2[nH]nc(-c3nc4c(-c5cccc(F)c5)ccnc4[nH]3)c2c1. The molecule has 3 heterocycles. The molecule has 2 aromatic carbocycles.